The van der Waals surface area contributed by atoms with Gasteiger partial charge in [-0.05, 0) is 94.9 Å². The number of aromatic nitrogens is 1. The van der Waals surface area contributed by atoms with Gasteiger partial charge in [0.15, 0.2) is 4.80 Å². The lowest BCUT2D eigenvalue weighted by molar-refractivity contribution is -0.139. The van der Waals surface area contributed by atoms with E-state index in [9.17, 15) is 14.7 Å². The summed E-state index contributed by atoms with van der Waals surface area (Å²) in [6.07, 6.45) is 2.97. The van der Waals surface area contributed by atoms with Crippen molar-refractivity contribution in [2.45, 2.75) is 32.7 Å². The number of esters is 1. The number of hydrogen-bond donors (Lipinski definition) is 1. The number of fused-ring (bicyclic) bond motifs is 1. The number of carbonyl (C=O) groups excluding carboxylic acids is 1. The lowest BCUT2D eigenvalue weighted by Crippen LogP contribution is -2.40. The third-order valence-corrected chi connectivity index (χ3v) is 8.64. The maximum atomic E-state index is 13.9. The number of phenols is 1. The fraction of sp³-hybridized carbons (Fsp3) is 0.269. The Morgan fingerprint density at radius 1 is 1.27 bits per heavy atom. The first-order valence-electron chi connectivity index (χ1n) is 11.4. The summed E-state index contributed by atoms with van der Waals surface area (Å²) in [6, 6.07) is 8.37. The van der Waals surface area contributed by atoms with Crippen LogP contribution >= 0.6 is 72.4 Å². The van der Waals surface area contributed by atoms with Crippen LogP contribution in [-0.4, -0.2) is 29.4 Å². The van der Waals surface area contributed by atoms with Crippen molar-refractivity contribution in [3.63, 3.8) is 0 Å². The molecule has 0 bridgehead atoms. The topological polar surface area (TPSA) is 90.1 Å². The van der Waals surface area contributed by atoms with Crippen molar-refractivity contribution in [2.75, 3.05) is 13.7 Å². The number of aromatic hydroxyl groups is 1. The Labute approximate surface area is 253 Å². The number of methoxy groups -OCH3 is 1. The fourth-order valence-electron chi connectivity index (χ4n) is 4.17. The van der Waals surface area contributed by atoms with E-state index >= 15 is 0 Å². The van der Waals surface area contributed by atoms with Gasteiger partial charge in [-0.25, -0.2) is 9.79 Å². The number of carbonyl (C=O) groups is 1. The highest BCUT2D eigenvalue weighted by atomic mass is 127. The van der Waals surface area contributed by atoms with Crippen molar-refractivity contribution in [1.82, 2.24) is 4.57 Å². The van der Waals surface area contributed by atoms with Gasteiger partial charge in [0.05, 0.1) is 33.1 Å². The van der Waals surface area contributed by atoms with Gasteiger partial charge in [0.25, 0.3) is 5.56 Å². The summed E-state index contributed by atoms with van der Waals surface area (Å²) in [5, 5.41) is 10.6. The summed E-state index contributed by atoms with van der Waals surface area (Å²) in [5.41, 5.74) is 1.78. The third-order valence-electron chi connectivity index (χ3n) is 5.72. The molecule has 7 nitrogen and oxygen atoms in total. The number of phenolic OH excluding ortho intramolecular Hbond substituents is 1. The number of benzene rings is 2. The van der Waals surface area contributed by atoms with Gasteiger partial charge in [0.1, 0.15) is 17.5 Å². The monoisotopic (exact) mass is 808 g/mol. The van der Waals surface area contributed by atoms with Crippen molar-refractivity contribution in [1.29, 1.82) is 0 Å². The minimum atomic E-state index is -0.795. The lowest BCUT2D eigenvalue weighted by Gasteiger charge is -2.27. The molecule has 0 unspecified atom stereocenters. The van der Waals surface area contributed by atoms with E-state index in [4.69, 9.17) is 14.5 Å². The zero-order chi connectivity index (χ0) is 26.9. The number of allylic oxidation sites excluding steroid dienone is 1. The molecule has 0 saturated carbocycles. The molecule has 2 heterocycles. The highest BCUT2D eigenvalue weighted by Crippen LogP contribution is 2.38. The van der Waals surface area contributed by atoms with E-state index < -0.39 is 12.0 Å². The first kappa shape index (κ1) is 28.3. The van der Waals surface area contributed by atoms with Crippen LogP contribution in [0, 0.1) is 7.14 Å². The molecule has 1 aliphatic rings. The summed E-state index contributed by atoms with van der Waals surface area (Å²) in [7, 11) is 1.55. The van der Waals surface area contributed by atoms with Gasteiger partial charge >= 0.3 is 5.97 Å². The van der Waals surface area contributed by atoms with Crippen LogP contribution in [0.5, 0.6) is 11.5 Å². The van der Waals surface area contributed by atoms with Gasteiger partial charge in [-0.1, -0.05) is 40.6 Å². The molecule has 0 saturated heterocycles. The molecule has 0 fully saturated rings. The number of ether oxygens (including phenoxy) is 2. The van der Waals surface area contributed by atoms with E-state index in [0.717, 1.165) is 14.5 Å². The van der Waals surface area contributed by atoms with Crippen molar-refractivity contribution >= 4 is 84.5 Å². The number of nitrogens with zero attached hydrogens (tertiary/aromatic N) is 2. The Hall–Kier alpha value is -1.71. The molecule has 4 rings (SSSR count). The zero-order valence-corrected chi connectivity index (χ0v) is 26.9. The average molecular weight is 809 g/mol. The van der Waals surface area contributed by atoms with E-state index in [1.54, 1.807) is 26.2 Å². The van der Waals surface area contributed by atoms with Crippen LogP contribution in [-0.2, 0) is 9.53 Å². The molecule has 1 N–H and O–H groups in total. The van der Waals surface area contributed by atoms with E-state index in [1.807, 2.05) is 31.2 Å². The smallest absolute Gasteiger partial charge is 0.338 e. The minimum absolute atomic E-state index is 0.107. The predicted octanol–water partition coefficient (Wildman–Crippen LogP) is 5.26. The molecule has 194 valence electrons. The zero-order valence-electron chi connectivity index (χ0n) is 20.2. The summed E-state index contributed by atoms with van der Waals surface area (Å²) >= 11 is 8.99. The minimum Gasteiger partial charge on any atom is -0.506 e. The molecule has 0 amide bonds. The quantitative estimate of drug-likeness (QED) is 0.260. The van der Waals surface area contributed by atoms with Gasteiger partial charge in [-0.15, -0.1) is 0 Å². The molecule has 37 heavy (non-hydrogen) atoms. The summed E-state index contributed by atoms with van der Waals surface area (Å²) in [5.74, 6) is 0.129. The molecule has 11 heteroatoms. The van der Waals surface area contributed by atoms with Crippen LogP contribution in [0.3, 0.4) is 0 Å². The molecule has 1 aliphatic heterocycles. The molecule has 0 aliphatic carbocycles. The highest BCUT2D eigenvalue weighted by Gasteiger charge is 2.36. The molecule has 3 aromatic rings. The second-order valence-corrected chi connectivity index (χ2v) is 12.5. The van der Waals surface area contributed by atoms with E-state index in [-0.39, 0.29) is 17.9 Å². The van der Waals surface area contributed by atoms with Crippen molar-refractivity contribution in [2.24, 2.45) is 4.99 Å². The molecular formula is C26H23BrI2N2O5S. The van der Waals surface area contributed by atoms with Gasteiger partial charge in [0, 0.05) is 19.2 Å². The molecule has 0 spiro atoms. The second kappa shape index (κ2) is 12.0. The molecule has 1 aromatic heterocycles. The third kappa shape index (κ3) is 5.69. The van der Waals surface area contributed by atoms with Crippen LogP contribution in [0.15, 0.2) is 55.9 Å². The van der Waals surface area contributed by atoms with Crippen LogP contribution in [0.2, 0.25) is 0 Å². The van der Waals surface area contributed by atoms with Crippen LogP contribution in [0.1, 0.15) is 43.9 Å². The molecule has 2 aromatic carbocycles. The Morgan fingerprint density at radius 2 is 2.03 bits per heavy atom. The van der Waals surface area contributed by atoms with Gasteiger partial charge in [-0.3, -0.25) is 9.36 Å². The summed E-state index contributed by atoms with van der Waals surface area (Å²) in [6.45, 7) is 3.95. The average Bonchev–Trinajstić information content (AvgIpc) is 3.16. The van der Waals surface area contributed by atoms with Gasteiger partial charge in [0.2, 0.25) is 0 Å². The van der Waals surface area contributed by atoms with E-state index in [1.165, 1.54) is 15.9 Å². The second-order valence-electron chi connectivity index (χ2n) is 8.13. The lowest BCUT2D eigenvalue weighted by atomic mass is 9.93. The van der Waals surface area contributed by atoms with Crippen molar-refractivity contribution < 1.29 is 19.4 Å². The Morgan fingerprint density at radius 3 is 2.70 bits per heavy atom. The normalized spacial score (nSPS) is 15.4. The van der Waals surface area contributed by atoms with E-state index in [2.05, 4.69) is 61.1 Å². The van der Waals surface area contributed by atoms with E-state index in [0.29, 0.717) is 47.5 Å². The maximum Gasteiger partial charge on any atom is 0.338 e. The van der Waals surface area contributed by atoms with Gasteiger partial charge < -0.3 is 14.6 Å². The maximum absolute atomic E-state index is 13.9. The number of rotatable bonds is 7. The summed E-state index contributed by atoms with van der Waals surface area (Å²) in [4.78, 5) is 32.5. The summed E-state index contributed by atoms with van der Waals surface area (Å²) < 4.78 is 15.4. The van der Waals surface area contributed by atoms with Crippen molar-refractivity contribution in [3.8, 4) is 11.5 Å². The Bertz CT molecular complexity index is 1600. The predicted molar refractivity (Wildman–Crippen MR) is 164 cm³/mol. The van der Waals surface area contributed by atoms with Crippen LogP contribution in [0.25, 0.3) is 6.08 Å². The highest BCUT2D eigenvalue weighted by molar-refractivity contribution is 14.1. The van der Waals surface area contributed by atoms with Crippen LogP contribution < -0.4 is 19.6 Å². The number of thiazole rings is 1. The van der Waals surface area contributed by atoms with Crippen molar-refractivity contribution in [3.05, 3.63) is 84.0 Å². The standard InChI is InChI=1S/C26H23BrI2N2O5S/c1-4-6-18-21(25(34)36-5-2)22(16-11-14(27)7-8-19(16)35-3)31-24(33)20(37-26(31)30-18)10-13-9-15(28)12-17(29)23(13)32/h7-12,22,32H,4-6H2,1-3H3/b20-10+/t22-/m0/s1. The fourth-order valence-corrected chi connectivity index (χ4v) is 7.45. The SMILES string of the molecule is CCCC1=C(C(=O)OCC)[C@H](c2cc(Br)ccc2OC)n2c(s/c(=C/c3cc(I)cc(I)c3O)c2=O)=N1. The largest absolute Gasteiger partial charge is 0.506 e. The first-order chi connectivity index (χ1) is 17.7. The number of hydrogen-bond acceptors (Lipinski definition) is 7. The molecule has 1 atom stereocenters. The first-order valence-corrected chi connectivity index (χ1v) is 15.2. The Kier molecular flexibility index (Phi) is 9.17. The molecular weight excluding hydrogens is 786 g/mol. The molecule has 0 radical (unpaired) electrons. The van der Waals surface area contributed by atoms with Gasteiger partial charge in [-0.2, -0.15) is 0 Å². The van der Waals surface area contributed by atoms with Crippen LogP contribution in [0.4, 0.5) is 0 Å². The Balaban J connectivity index is 2.08. The number of halogens is 3.